The van der Waals surface area contributed by atoms with Crippen LogP contribution in [0.1, 0.15) is 11.3 Å². The van der Waals surface area contributed by atoms with Crippen LogP contribution in [0.15, 0.2) is 66.9 Å². The summed E-state index contributed by atoms with van der Waals surface area (Å²) in [5.74, 6) is 0.876. The number of rotatable bonds is 5. The third-order valence-electron chi connectivity index (χ3n) is 4.15. The van der Waals surface area contributed by atoms with Crippen LogP contribution in [-0.4, -0.2) is 18.7 Å². The maximum Gasteiger partial charge on any atom is 0.119 e. The van der Waals surface area contributed by atoms with E-state index in [1.165, 1.54) is 16.9 Å². The fraction of sp³-hybridized carbons (Fsp3) is 0.200. The zero-order chi connectivity index (χ0) is 16.2. The molecule has 0 amide bonds. The summed E-state index contributed by atoms with van der Waals surface area (Å²) in [6.45, 7) is 3.02. The van der Waals surface area contributed by atoms with Crippen molar-refractivity contribution in [2.75, 3.05) is 19.1 Å². The standard InChI is InChI=1S/C20H22N2O/c1-16-13-14-22(18-9-11-19(23-3)12-10-18)20(16)15-21(2)17-7-5-4-6-8-17/h4-14H,15H2,1-3H3. The predicted octanol–water partition coefficient (Wildman–Crippen LogP) is 4.43. The van der Waals surface area contributed by atoms with Crippen molar-refractivity contribution in [2.45, 2.75) is 13.5 Å². The molecule has 0 aliphatic carbocycles. The van der Waals surface area contributed by atoms with E-state index in [0.29, 0.717) is 0 Å². The Kier molecular flexibility index (Phi) is 4.38. The highest BCUT2D eigenvalue weighted by atomic mass is 16.5. The first-order valence-corrected chi connectivity index (χ1v) is 7.76. The number of nitrogens with zero attached hydrogens (tertiary/aromatic N) is 2. The van der Waals surface area contributed by atoms with Gasteiger partial charge in [-0.15, -0.1) is 0 Å². The summed E-state index contributed by atoms with van der Waals surface area (Å²) in [5.41, 5.74) is 4.95. The van der Waals surface area contributed by atoms with Crippen LogP contribution in [0.5, 0.6) is 5.75 Å². The number of anilines is 1. The first kappa shape index (κ1) is 15.2. The van der Waals surface area contributed by atoms with Crippen LogP contribution in [-0.2, 0) is 6.54 Å². The Hall–Kier alpha value is -2.68. The van der Waals surface area contributed by atoms with Crippen molar-refractivity contribution in [3.05, 3.63) is 78.1 Å². The van der Waals surface area contributed by atoms with Crippen molar-refractivity contribution in [1.29, 1.82) is 0 Å². The zero-order valence-corrected chi connectivity index (χ0v) is 13.9. The highest BCUT2D eigenvalue weighted by molar-refractivity contribution is 5.47. The van der Waals surface area contributed by atoms with Gasteiger partial charge in [-0.05, 0) is 55.0 Å². The van der Waals surface area contributed by atoms with E-state index in [4.69, 9.17) is 4.74 Å². The van der Waals surface area contributed by atoms with Gasteiger partial charge in [0.1, 0.15) is 5.75 Å². The lowest BCUT2D eigenvalue weighted by molar-refractivity contribution is 0.414. The Morgan fingerprint density at radius 1 is 0.957 bits per heavy atom. The van der Waals surface area contributed by atoms with Gasteiger partial charge in [-0.25, -0.2) is 0 Å². The van der Waals surface area contributed by atoms with Gasteiger partial charge in [0.05, 0.1) is 13.7 Å². The van der Waals surface area contributed by atoms with E-state index in [0.717, 1.165) is 18.0 Å². The fourth-order valence-electron chi connectivity index (χ4n) is 2.75. The molecule has 0 aliphatic rings. The normalized spacial score (nSPS) is 10.6. The molecule has 0 fully saturated rings. The molecule has 0 saturated heterocycles. The van der Waals surface area contributed by atoms with E-state index in [9.17, 15) is 0 Å². The molecule has 3 rings (SSSR count). The molecule has 1 aromatic heterocycles. The highest BCUT2D eigenvalue weighted by Gasteiger charge is 2.11. The minimum absolute atomic E-state index is 0.856. The van der Waals surface area contributed by atoms with E-state index in [-0.39, 0.29) is 0 Å². The monoisotopic (exact) mass is 306 g/mol. The molecule has 118 valence electrons. The molecule has 23 heavy (non-hydrogen) atoms. The Labute approximate surface area is 137 Å². The number of benzene rings is 2. The molecule has 0 aliphatic heterocycles. The van der Waals surface area contributed by atoms with E-state index in [1.807, 2.05) is 18.2 Å². The average molecular weight is 306 g/mol. The van der Waals surface area contributed by atoms with Crippen molar-refractivity contribution in [2.24, 2.45) is 0 Å². The number of aryl methyl sites for hydroxylation is 1. The van der Waals surface area contributed by atoms with Crippen LogP contribution < -0.4 is 9.64 Å². The van der Waals surface area contributed by atoms with Crippen LogP contribution in [0.25, 0.3) is 5.69 Å². The maximum atomic E-state index is 5.25. The van der Waals surface area contributed by atoms with Gasteiger partial charge in [0.15, 0.2) is 0 Å². The summed E-state index contributed by atoms with van der Waals surface area (Å²) in [6, 6.07) is 20.8. The Bertz CT molecular complexity index is 760. The summed E-state index contributed by atoms with van der Waals surface area (Å²) in [4.78, 5) is 2.27. The van der Waals surface area contributed by atoms with Gasteiger partial charge in [0.25, 0.3) is 0 Å². The average Bonchev–Trinajstić information content (AvgIpc) is 2.96. The lowest BCUT2D eigenvalue weighted by atomic mass is 10.2. The van der Waals surface area contributed by atoms with Crippen LogP contribution in [0, 0.1) is 6.92 Å². The minimum Gasteiger partial charge on any atom is -0.497 e. The molecule has 2 aromatic carbocycles. The van der Waals surface area contributed by atoms with Crippen molar-refractivity contribution in [3.8, 4) is 11.4 Å². The van der Waals surface area contributed by atoms with Crippen molar-refractivity contribution < 1.29 is 4.74 Å². The second kappa shape index (κ2) is 6.61. The van der Waals surface area contributed by atoms with Crippen LogP contribution >= 0.6 is 0 Å². The van der Waals surface area contributed by atoms with Crippen molar-refractivity contribution >= 4 is 5.69 Å². The van der Waals surface area contributed by atoms with E-state index < -0.39 is 0 Å². The van der Waals surface area contributed by atoms with Crippen molar-refractivity contribution in [1.82, 2.24) is 4.57 Å². The minimum atomic E-state index is 0.856. The fourth-order valence-corrected chi connectivity index (χ4v) is 2.75. The van der Waals surface area contributed by atoms with E-state index in [1.54, 1.807) is 7.11 Å². The highest BCUT2D eigenvalue weighted by Crippen LogP contribution is 2.22. The van der Waals surface area contributed by atoms with Gasteiger partial charge in [-0.3, -0.25) is 0 Å². The third kappa shape index (κ3) is 3.24. The van der Waals surface area contributed by atoms with Gasteiger partial charge in [0.2, 0.25) is 0 Å². The molecule has 3 heteroatoms. The molecule has 0 spiro atoms. The summed E-state index contributed by atoms with van der Waals surface area (Å²) in [6.07, 6.45) is 2.13. The molecule has 3 nitrogen and oxygen atoms in total. The smallest absolute Gasteiger partial charge is 0.119 e. The van der Waals surface area contributed by atoms with Gasteiger partial charge < -0.3 is 14.2 Å². The predicted molar refractivity (Wildman–Crippen MR) is 95.6 cm³/mol. The van der Waals surface area contributed by atoms with E-state index in [2.05, 4.69) is 72.1 Å². The molecule has 0 unspecified atom stereocenters. The van der Waals surface area contributed by atoms with Gasteiger partial charge >= 0.3 is 0 Å². The van der Waals surface area contributed by atoms with E-state index >= 15 is 0 Å². The zero-order valence-electron chi connectivity index (χ0n) is 13.9. The lowest BCUT2D eigenvalue weighted by Crippen LogP contribution is -2.19. The number of ether oxygens (including phenoxy) is 1. The summed E-state index contributed by atoms with van der Waals surface area (Å²) < 4.78 is 7.49. The third-order valence-corrected chi connectivity index (χ3v) is 4.15. The second-order valence-corrected chi connectivity index (χ2v) is 5.71. The molecule has 3 aromatic rings. The van der Waals surface area contributed by atoms with Gasteiger partial charge in [0, 0.05) is 30.3 Å². The van der Waals surface area contributed by atoms with Gasteiger partial charge in [-0.2, -0.15) is 0 Å². The first-order chi connectivity index (χ1) is 11.2. The molecule has 1 heterocycles. The number of para-hydroxylation sites is 1. The molecular formula is C20H22N2O. The quantitative estimate of drug-likeness (QED) is 0.694. The molecule has 0 radical (unpaired) electrons. The van der Waals surface area contributed by atoms with Gasteiger partial charge in [-0.1, -0.05) is 18.2 Å². The summed E-state index contributed by atoms with van der Waals surface area (Å²) in [5, 5.41) is 0. The molecule has 0 saturated carbocycles. The topological polar surface area (TPSA) is 17.4 Å². The van der Waals surface area contributed by atoms with Crippen LogP contribution in [0.4, 0.5) is 5.69 Å². The number of hydrogen-bond donors (Lipinski definition) is 0. The number of methoxy groups -OCH3 is 1. The maximum absolute atomic E-state index is 5.25. The number of aromatic nitrogens is 1. The first-order valence-electron chi connectivity index (χ1n) is 7.76. The second-order valence-electron chi connectivity index (χ2n) is 5.71. The molecule has 0 N–H and O–H groups in total. The molecular weight excluding hydrogens is 284 g/mol. The largest absolute Gasteiger partial charge is 0.497 e. The summed E-state index contributed by atoms with van der Waals surface area (Å²) in [7, 11) is 3.81. The Morgan fingerprint density at radius 2 is 1.65 bits per heavy atom. The Morgan fingerprint density at radius 3 is 2.30 bits per heavy atom. The lowest BCUT2D eigenvalue weighted by Gasteiger charge is -2.21. The SMILES string of the molecule is COc1ccc(-n2ccc(C)c2CN(C)c2ccccc2)cc1. The van der Waals surface area contributed by atoms with Crippen molar-refractivity contribution in [3.63, 3.8) is 0 Å². The number of hydrogen-bond acceptors (Lipinski definition) is 2. The van der Waals surface area contributed by atoms with Crippen LogP contribution in [0.3, 0.4) is 0 Å². The molecule has 0 bridgehead atoms. The Balaban J connectivity index is 1.89. The van der Waals surface area contributed by atoms with Crippen LogP contribution in [0.2, 0.25) is 0 Å². The summed E-state index contributed by atoms with van der Waals surface area (Å²) >= 11 is 0. The molecule has 0 atom stereocenters.